The van der Waals surface area contributed by atoms with Gasteiger partial charge in [-0.15, -0.1) is 0 Å². The molecule has 4 heteroatoms. The van der Waals surface area contributed by atoms with Crippen LogP contribution in [0.15, 0.2) is 0 Å². The molecule has 84 valence electrons. The fourth-order valence-electron chi connectivity index (χ4n) is 2.67. The van der Waals surface area contributed by atoms with Crippen molar-refractivity contribution in [2.45, 2.75) is 31.8 Å². The molecule has 0 bridgehead atoms. The van der Waals surface area contributed by atoms with E-state index in [9.17, 15) is 9.59 Å². The van der Waals surface area contributed by atoms with E-state index in [1.54, 1.807) is 14.1 Å². The van der Waals surface area contributed by atoms with Crippen molar-refractivity contribution >= 4 is 11.9 Å². The van der Waals surface area contributed by atoms with Crippen LogP contribution in [0.5, 0.6) is 0 Å². The maximum Gasteiger partial charge on any atom is 0.409 e. The molecule has 0 aromatic rings. The largest absolute Gasteiger partial charge is 0.446 e. The third kappa shape index (κ3) is 2.13. The highest BCUT2D eigenvalue weighted by atomic mass is 16.6. The van der Waals surface area contributed by atoms with Crippen LogP contribution in [0.1, 0.15) is 25.7 Å². The van der Waals surface area contributed by atoms with Crippen LogP contribution >= 0.6 is 0 Å². The van der Waals surface area contributed by atoms with Gasteiger partial charge < -0.3 is 9.64 Å². The maximum absolute atomic E-state index is 11.3. The Bertz CT molecular complexity index is 272. The second-order valence-corrected chi connectivity index (χ2v) is 4.84. The maximum atomic E-state index is 11.3. The molecule has 15 heavy (non-hydrogen) atoms. The number of carbonyl (C=O) groups excluding carboxylic acids is 2. The van der Waals surface area contributed by atoms with Gasteiger partial charge in [-0.3, -0.25) is 4.79 Å². The van der Waals surface area contributed by atoms with Crippen molar-refractivity contribution in [1.82, 2.24) is 4.90 Å². The second-order valence-electron chi connectivity index (χ2n) is 4.84. The van der Waals surface area contributed by atoms with Crippen LogP contribution in [-0.4, -0.2) is 37.0 Å². The van der Waals surface area contributed by atoms with E-state index in [0.717, 1.165) is 12.8 Å². The lowest BCUT2D eigenvalue weighted by Gasteiger charge is -2.16. The molecule has 2 aliphatic carbocycles. The number of nitrogens with zero attached hydrogens (tertiary/aromatic N) is 1. The number of ether oxygens (including phenoxy) is 1. The van der Waals surface area contributed by atoms with E-state index in [1.807, 2.05) is 0 Å². The van der Waals surface area contributed by atoms with Gasteiger partial charge in [0.25, 0.3) is 0 Å². The molecule has 0 spiro atoms. The number of amides is 1. The molecule has 2 aliphatic rings. The predicted molar refractivity (Wildman–Crippen MR) is 54.4 cm³/mol. The minimum Gasteiger partial charge on any atom is -0.446 e. The average Bonchev–Trinajstić information content (AvgIpc) is 2.60. The number of carbonyl (C=O) groups is 2. The number of hydrogen-bond donors (Lipinski definition) is 0. The third-order valence-electron chi connectivity index (χ3n) is 3.41. The Morgan fingerprint density at radius 1 is 1.27 bits per heavy atom. The standard InChI is InChI=1S/C11H17NO3/c1-12(2)11(14)15-10-5-7-3-9(13)4-8(7)6-10/h7-8,10H,3-6H2,1-2H3. The normalized spacial score (nSPS) is 34.0. The zero-order chi connectivity index (χ0) is 11.0. The highest BCUT2D eigenvalue weighted by molar-refractivity contribution is 5.81. The fraction of sp³-hybridized carbons (Fsp3) is 0.818. The van der Waals surface area contributed by atoms with Crippen molar-refractivity contribution in [1.29, 1.82) is 0 Å². The minimum absolute atomic E-state index is 0.0306. The lowest BCUT2D eigenvalue weighted by Crippen LogP contribution is -2.27. The van der Waals surface area contributed by atoms with E-state index < -0.39 is 0 Å². The fourth-order valence-corrected chi connectivity index (χ4v) is 2.67. The lowest BCUT2D eigenvalue weighted by molar-refractivity contribution is -0.118. The van der Waals surface area contributed by atoms with Gasteiger partial charge in [0.05, 0.1) is 0 Å². The Balaban J connectivity index is 1.85. The summed E-state index contributed by atoms with van der Waals surface area (Å²) in [6, 6.07) is 0. The summed E-state index contributed by atoms with van der Waals surface area (Å²) in [6.07, 6.45) is 2.89. The van der Waals surface area contributed by atoms with E-state index >= 15 is 0 Å². The molecule has 1 amide bonds. The molecule has 2 atom stereocenters. The number of Topliss-reactive ketones (excluding diaryl/α,β-unsaturated/α-hetero) is 1. The van der Waals surface area contributed by atoms with E-state index in [1.165, 1.54) is 4.90 Å². The first-order chi connectivity index (χ1) is 7.06. The smallest absolute Gasteiger partial charge is 0.409 e. The summed E-state index contributed by atoms with van der Waals surface area (Å²) in [5.74, 6) is 1.32. The number of ketones is 1. The van der Waals surface area contributed by atoms with Crippen LogP contribution in [0.3, 0.4) is 0 Å². The predicted octanol–water partition coefficient (Wildman–Crippen LogP) is 1.44. The molecular weight excluding hydrogens is 194 g/mol. The Hall–Kier alpha value is -1.06. The van der Waals surface area contributed by atoms with Crippen LogP contribution in [-0.2, 0) is 9.53 Å². The van der Waals surface area contributed by atoms with Crippen molar-refractivity contribution in [3.05, 3.63) is 0 Å². The molecule has 0 aliphatic heterocycles. The van der Waals surface area contributed by atoms with Gasteiger partial charge in [-0.05, 0) is 24.7 Å². The first-order valence-electron chi connectivity index (χ1n) is 5.46. The first kappa shape index (κ1) is 10.5. The Kier molecular flexibility index (Phi) is 2.67. The van der Waals surface area contributed by atoms with Gasteiger partial charge in [0.2, 0.25) is 0 Å². The van der Waals surface area contributed by atoms with Gasteiger partial charge in [-0.25, -0.2) is 4.79 Å². The highest BCUT2D eigenvalue weighted by Gasteiger charge is 2.42. The van der Waals surface area contributed by atoms with E-state index in [2.05, 4.69) is 0 Å². The molecule has 2 saturated carbocycles. The third-order valence-corrected chi connectivity index (χ3v) is 3.41. The van der Waals surface area contributed by atoms with E-state index in [4.69, 9.17) is 4.74 Å². The summed E-state index contributed by atoms with van der Waals surface area (Å²) in [4.78, 5) is 23.9. The molecule has 2 unspecified atom stereocenters. The molecule has 0 aromatic heterocycles. The molecular formula is C11H17NO3. The molecule has 2 rings (SSSR count). The van der Waals surface area contributed by atoms with Crippen molar-refractivity contribution in [2.24, 2.45) is 11.8 Å². The summed E-state index contributed by atoms with van der Waals surface area (Å²) < 4.78 is 5.32. The van der Waals surface area contributed by atoms with E-state index in [-0.39, 0.29) is 12.2 Å². The molecule has 0 radical (unpaired) electrons. The van der Waals surface area contributed by atoms with Crippen LogP contribution in [0.2, 0.25) is 0 Å². The van der Waals surface area contributed by atoms with E-state index in [0.29, 0.717) is 30.5 Å². The van der Waals surface area contributed by atoms with Gasteiger partial charge in [0.15, 0.2) is 0 Å². The highest BCUT2D eigenvalue weighted by Crippen LogP contribution is 2.43. The van der Waals surface area contributed by atoms with Crippen molar-refractivity contribution in [3.8, 4) is 0 Å². The topological polar surface area (TPSA) is 46.6 Å². The number of fused-ring (bicyclic) bond motifs is 1. The quantitative estimate of drug-likeness (QED) is 0.659. The van der Waals surface area contributed by atoms with Crippen LogP contribution in [0.4, 0.5) is 4.79 Å². The SMILES string of the molecule is CN(C)C(=O)OC1CC2CC(=O)CC2C1. The lowest BCUT2D eigenvalue weighted by atomic mass is 10.0. The molecule has 0 aromatic carbocycles. The van der Waals surface area contributed by atoms with Gasteiger partial charge in [0, 0.05) is 26.9 Å². The average molecular weight is 211 g/mol. The van der Waals surface area contributed by atoms with Crippen molar-refractivity contribution in [2.75, 3.05) is 14.1 Å². The summed E-state index contributed by atoms with van der Waals surface area (Å²) in [5, 5.41) is 0. The molecule has 4 nitrogen and oxygen atoms in total. The van der Waals surface area contributed by atoms with Gasteiger partial charge in [0.1, 0.15) is 11.9 Å². The van der Waals surface area contributed by atoms with Crippen molar-refractivity contribution < 1.29 is 14.3 Å². The number of rotatable bonds is 1. The molecule has 0 heterocycles. The van der Waals surface area contributed by atoms with Crippen LogP contribution < -0.4 is 0 Å². The Morgan fingerprint density at radius 2 is 1.80 bits per heavy atom. The number of hydrogen-bond acceptors (Lipinski definition) is 3. The zero-order valence-electron chi connectivity index (χ0n) is 9.23. The summed E-state index contributed by atoms with van der Waals surface area (Å²) in [6.45, 7) is 0. The Labute approximate surface area is 89.6 Å². The summed E-state index contributed by atoms with van der Waals surface area (Å²) in [7, 11) is 3.36. The molecule has 0 N–H and O–H groups in total. The van der Waals surface area contributed by atoms with Crippen LogP contribution in [0.25, 0.3) is 0 Å². The first-order valence-corrected chi connectivity index (χ1v) is 5.46. The van der Waals surface area contributed by atoms with Crippen molar-refractivity contribution in [3.63, 3.8) is 0 Å². The second kappa shape index (κ2) is 3.83. The summed E-state index contributed by atoms with van der Waals surface area (Å²) in [5.41, 5.74) is 0. The molecule has 2 fully saturated rings. The monoisotopic (exact) mass is 211 g/mol. The van der Waals surface area contributed by atoms with Crippen LogP contribution in [0, 0.1) is 11.8 Å². The van der Waals surface area contributed by atoms with Gasteiger partial charge >= 0.3 is 6.09 Å². The zero-order valence-corrected chi connectivity index (χ0v) is 9.23. The Morgan fingerprint density at radius 3 is 2.27 bits per heavy atom. The van der Waals surface area contributed by atoms with Gasteiger partial charge in [-0.2, -0.15) is 0 Å². The van der Waals surface area contributed by atoms with Gasteiger partial charge in [-0.1, -0.05) is 0 Å². The minimum atomic E-state index is -0.272. The molecule has 0 saturated heterocycles. The summed E-state index contributed by atoms with van der Waals surface area (Å²) >= 11 is 0.